The van der Waals surface area contributed by atoms with Gasteiger partial charge >= 0.3 is 0 Å². The number of para-hydroxylation sites is 1. The van der Waals surface area contributed by atoms with E-state index in [1.807, 2.05) is 37.3 Å². The summed E-state index contributed by atoms with van der Waals surface area (Å²) in [5.41, 5.74) is 1.24. The first-order chi connectivity index (χ1) is 20.2. The molecule has 1 aliphatic rings. The third-order valence-electron chi connectivity index (χ3n) is 6.58. The Balaban J connectivity index is 1.40. The molecule has 0 radical (unpaired) electrons. The number of rotatable bonds is 9. The number of hydrogen-bond donors (Lipinski definition) is 2. The molecule has 1 aliphatic heterocycles. The molecular weight excluding hydrogens is 561 g/mol. The second-order valence-corrected chi connectivity index (χ2v) is 11.4. The zero-order valence-corrected chi connectivity index (χ0v) is 23.4. The normalized spacial score (nSPS) is 13.1. The molecule has 5 rings (SSSR count). The summed E-state index contributed by atoms with van der Waals surface area (Å²) in [6, 6.07) is 24.5. The lowest BCUT2D eigenvalue weighted by Gasteiger charge is -2.25. The van der Waals surface area contributed by atoms with E-state index in [0.29, 0.717) is 12.4 Å². The molecular formula is C31H28FN3O6S. The molecule has 9 nitrogen and oxygen atoms in total. The molecule has 2 N–H and O–H groups in total. The second kappa shape index (κ2) is 12.3. The van der Waals surface area contributed by atoms with Gasteiger partial charge in [0.1, 0.15) is 25.6 Å². The van der Waals surface area contributed by atoms with E-state index in [2.05, 4.69) is 10.6 Å². The highest BCUT2D eigenvalue weighted by Crippen LogP contribution is 2.34. The number of sulfonamides is 1. The quantitative estimate of drug-likeness (QED) is 0.287. The van der Waals surface area contributed by atoms with Crippen LogP contribution in [0.1, 0.15) is 28.9 Å². The molecule has 42 heavy (non-hydrogen) atoms. The van der Waals surface area contributed by atoms with Crippen LogP contribution < -0.4 is 24.4 Å². The number of nitrogens with zero attached hydrogens (tertiary/aromatic N) is 1. The van der Waals surface area contributed by atoms with Gasteiger partial charge in [-0.25, -0.2) is 12.8 Å². The predicted molar refractivity (Wildman–Crippen MR) is 156 cm³/mol. The van der Waals surface area contributed by atoms with Gasteiger partial charge in [-0.05, 0) is 55.0 Å². The minimum absolute atomic E-state index is 0.0530. The number of halogens is 1. The summed E-state index contributed by atoms with van der Waals surface area (Å²) >= 11 is 0. The maximum Gasteiger partial charge on any atom is 0.264 e. The first-order valence-corrected chi connectivity index (χ1v) is 14.6. The molecule has 0 bridgehead atoms. The van der Waals surface area contributed by atoms with E-state index in [1.54, 1.807) is 24.3 Å². The SMILES string of the molecule is CC(NC(=O)c1ccccc1NC(=O)CN(c1cccc(F)c1)S(=O)(=O)c1ccc2c(c1)OCCO2)c1ccccc1. The average Bonchev–Trinajstić information content (AvgIpc) is 3.00. The number of fused-ring (bicyclic) bond motifs is 1. The van der Waals surface area contributed by atoms with Crippen LogP contribution in [0.25, 0.3) is 0 Å². The van der Waals surface area contributed by atoms with Crippen LogP contribution in [0.15, 0.2) is 102 Å². The number of carbonyl (C=O) groups is 2. The Labute approximate surface area is 242 Å². The number of ether oxygens (including phenoxy) is 2. The van der Waals surface area contributed by atoms with E-state index in [-0.39, 0.29) is 40.2 Å². The van der Waals surface area contributed by atoms with Gasteiger partial charge in [-0.2, -0.15) is 0 Å². The van der Waals surface area contributed by atoms with Crippen molar-refractivity contribution in [1.29, 1.82) is 0 Å². The van der Waals surface area contributed by atoms with Gasteiger partial charge in [-0.1, -0.05) is 48.5 Å². The van der Waals surface area contributed by atoms with Crippen LogP contribution in [0, 0.1) is 5.82 Å². The molecule has 0 fully saturated rings. The van der Waals surface area contributed by atoms with Crippen LogP contribution in [0.2, 0.25) is 0 Å². The Morgan fingerprint density at radius 1 is 0.881 bits per heavy atom. The van der Waals surface area contributed by atoms with Crippen LogP contribution in [0.4, 0.5) is 15.8 Å². The van der Waals surface area contributed by atoms with E-state index in [4.69, 9.17) is 9.47 Å². The van der Waals surface area contributed by atoms with Gasteiger partial charge in [0, 0.05) is 6.07 Å². The fraction of sp³-hybridized carbons (Fsp3) is 0.161. The Bertz CT molecular complexity index is 1720. The average molecular weight is 590 g/mol. The first-order valence-electron chi connectivity index (χ1n) is 13.1. The highest BCUT2D eigenvalue weighted by molar-refractivity contribution is 7.92. The van der Waals surface area contributed by atoms with Crippen molar-refractivity contribution in [2.45, 2.75) is 17.9 Å². The third-order valence-corrected chi connectivity index (χ3v) is 8.35. The predicted octanol–water partition coefficient (Wildman–Crippen LogP) is 4.92. The molecule has 0 aliphatic carbocycles. The van der Waals surface area contributed by atoms with Crippen LogP contribution in [0.5, 0.6) is 11.5 Å². The molecule has 4 aromatic rings. The zero-order chi connectivity index (χ0) is 29.7. The number of anilines is 2. The van der Waals surface area contributed by atoms with Gasteiger partial charge in [0.25, 0.3) is 15.9 Å². The van der Waals surface area contributed by atoms with Crippen molar-refractivity contribution >= 4 is 33.2 Å². The Kier molecular flexibility index (Phi) is 8.39. The molecule has 216 valence electrons. The largest absolute Gasteiger partial charge is 0.486 e. The molecule has 0 spiro atoms. The van der Waals surface area contributed by atoms with Gasteiger partial charge < -0.3 is 20.1 Å². The van der Waals surface area contributed by atoms with Crippen LogP contribution >= 0.6 is 0 Å². The van der Waals surface area contributed by atoms with Crippen molar-refractivity contribution in [3.8, 4) is 11.5 Å². The molecule has 1 atom stereocenters. The molecule has 4 aromatic carbocycles. The summed E-state index contributed by atoms with van der Waals surface area (Å²) in [4.78, 5) is 26.3. The third kappa shape index (κ3) is 6.36. The lowest BCUT2D eigenvalue weighted by Crippen LogP contribution is -2.38. The van der Waals surface area contributed by atoms with Gasteiger partial charge in [-0.3, -0.25) is 13.9 Å². The van der Waals surface area contributed by atoms with Gasteiger partial charge in [0.2, 0.25) is 5.91 Å². The second-order valence-electron chi connectivity index (χ2n) is 9.50. The molecule has 0 aromatic heterocycles. The monoisotopic (exact) mass is 589 g/mol. The lowest BCUT2D eigenvalue weighted by molar-refractivity contribution is -0.114. The van der Waals surface area contributed by atoms with Gasteiger partial charge in [-0.15, -0.1) is 0 Å². The van der Waals surface area contributed by atoms with E-state index < -0.39 is 34.2 Å². The van der Waals surface area contributed by atoms with Gasteiger partial charge in [0.05, 0.1) is 27.9 Å². The topological polar surface area (TPSA) is 114 Å². The van der Waals surface area contributed by atoms with Crippen molar-refractivity contribution in [2.75, 3.05) is 29.4 Å². The molecule has 1 unspecified atom stereocenters. The Morgan fingerprint density at radius 2 is 1.60 bits per heavy atom. The van der Waals surface area contributed by atoms with Crippen molar-refractivity contribution in [3.05, 3.63) is 114 Å². The fourth-order valence-corrected chi connectivity index (χ4v) is 5.90. The first kappa shape index (κ1) is 28.6. The number of amides is 2. The molecule has 1 heterocycles. The maximum atomic E-state index is 14.2. The number of hydrogen-bond acceptors (Lipinski definition) is 6. The standard InChI is InChI=1S/C31H28FN3O6S/c1-21(22-8-3-2-4-9-22)33-31(37)26-12-5-6-13-27(26)34-30(36)20-35(24-11-7-10-23(32)18-24)42(38,39)25-14-15-28-29(19-25)41-17-16-40-28/h2-15,18-19,21H,16-17,20H2,1H3,(H,33,37)(H,34,36). The maximum absolute atomic E-state index is 14.2. The number of carbonyl (C=O) groups excluding carboxylic acids is 2. The summed E-state index contributed by atoms with van der Waals surface area (Å²) in [7, 11) is -4.37. The van der Waals surface area contributed by atoms with Crippen LogP contribution in [-0.4, -0.2) is 40.0 Å². The number of nitrogens with one attached hydrogen (secondary N) is 2. The number of benzene rings is 4. The lowest BCUT2D eigenvalue weighted by atomic mass is 10.1. The van der Waals surface area contributed by atoms with Crippen molar-refractivity contribution in [1.82, 2.24) is 5.32 Å². The highest BCUT2D eigenvalue weighted by Gasteiger charge is 2.29. The summed E-state index contributed by atoms with van der Waals surface area (Å²) in [5, 5.41) is 5.56. The molecule has 11 heteroatoms. The fourth-order valence-electron chi connectivity index (χ4n) is 4.47. The Hall–Kier alpha value is -4.90. The molecule has 2 amide bonds. The Morgan fingerprint density at radius 3 is 2.36 bits per heavy atom. The summed E-state index contributed by atoms with van der Waals surface area (Å²) in [6.45, 7) is 1.73. The van der Waals surface area contributed by atoms with Crippen LogP contribution in [0.3, 0.4) is 0 Å². The van der Waals surface area contributed by atoms with Crippen molar-refractivity contribution < 1.29 is 31.9 Å². The van der Waals surface area contributed by atoms with E-state index in [1.165, 1.54) is 36.4 Å². The van der Waals surface area contributed by atoms with Crippen LogP contribution in [-0.2, 0) is 14.8 Å². The van der Waals surface area contributed by atoms with E-state index in [9.17, 15) is 22.4 Å². The molecule has 0 saturated carbocycles. The van der Waals surface area contributed by atoms with Gasteiger partial charge in [0.15, 0.2) is 11.5 Å². The smallest absolute Gasteiger partial charge is 0.264 e. The summed E-state index contributed by atoms with van der Waals surface area (Å²) in [5.74, 6) is -1.20. The minimum atomic E-state index is -4.37. The van der Waals surface area contributed by atoms with Crippen molar-refractivity contribution in [3.63, 3.8) is 0 Å². The van der Waals surface area contributed by atoms with Crippen molar-refractivity contribution in [2.24, 2.45) is 0 Å². The zero-order valence-electron chi connectivity index (χ0n) is 22.6. The molecule has 0 saturated heterocycles. The summed E-state index contributed by atoms with van der Waals surface area (Å²) < 4.78 is 53.6. The highest BCUT2D eigenvalue weighted by atomic mass is 32.2. The minimum Gasteiger partial charge on any atom is -0.486 e. The summed E-state index contributed by atoms with van der Waals surface area (Å²) in [6.07, 6.45) is 0. The van der Waals surface area contributed by atoms with E-state index >= 15 is 0 Å². The van der Waals surface area contributed by atoms with E-state index in [0.717, 1.165) is 15.9 Å².